The van der Waals surface area contributed by atoms with Gasteiger partial charge in [-0.2, -0.15) is 0 Å². The van der Waals surface area contributed by atoms with Crippen LogP contribution < -0.4 is 5.32 Å². The van der Waals surface area contributed by atoms with Gasteiger partial charge in [-0.05, 0) is 46.1 Å². The van der Waals surface area contributed by atoms with E-state index >= 15 is 0 Å². The molecule has 1 N–H and O–H groups in total. The van der Waals surface area contributed by atoms with Crippen molar-refractivity contribution >= 4 is 37.5 Å². The second kappa shape index (κ2) is 6.22. The SMILES string of the molecule is Brc1ccc(NCCc2ccccc2)c(Br)c1. The Morgan fingerprint density at radius 3 is 2.41 bits per heavy atom. The number of halogens is 2. The van der Waals surface area contributed by atoms with E-state index in [1.165, 1.54) is 5.56 Å². The highest BCUT2D eigenvalue weighted by atomic mass is 79.9. The molecule has 0 spiro atoms. The van der Waals surface area contributed by atoms with Crippen LogP contribution in [0.3, 0.4) is 0 Å². The summed E-state index contributed by atoms with van der Waals surface area (Å²) in [6, 6.07) is 16.6. The topological polar surface area (TPSA) is 12.0 Å². The molecule has 0 atom stereocenters. The lowest BCUT2D eigenvalue weighted by atomic mass is 10.1. The molecule has 2 aromatic rings. The second-order valence-corrected chi connectivity index (χ2v) is 5.56. The number of hydrogen-bond donors (Lipinski definition) is 1. The second-order valence-electron chi connectivity index (χ2n) is 3.79. The maximum Gasteiger partial charge on any atom is 0.0485 e. The van der Waals surface area contributed by atoms with Gasteiger partial charge < -0.3 is 5.32 Å². The molecular formula is C14H13Br2N. The number of nitrogens with one attached hydrogen (secondary N) is 1. The van der Waals surface area contributed by atoms with Crippen LogP contribution in [-0.4, -0.2) is 6.54 Å². The van der Waals surface area contributed by atoms with Gasteiger partial charge in [0.25, 0.3) is 0 Å². The van der Waals surface area contributed by atoms with Crippen molar-refractivity contribution in [1.29, 1.82) is 0 Å². The fraction of sp³-hybridized carbons (Fsp3) is 0.143. The van der Waals surface area contributed by atoms with Crippen molar-refractivity contribution in [2.75, 3.05) is 11.9 Å². The van der Waals surface area contributed by atoms with E-state index in [9.17, 15) is 0 Å². The number of rotatable bonds is 4. The van der Waals surface area contributed by atoms with E-state index in [1.54, 1.807) is 0 Å². The molecule has 0 unspecified atom stereocenters. The summed E-state index contributed by atoms with van der Waals surface area (Å²) in [5, 5.41) is 3.42. The van der Waals surface area contributed by atoms with Crippen molar-refractivity contribution in [3.8, 4) is 0 Å². The fourth-order valence-electron chi connectivity index (χ4n) is 1.62. The normalized spacial score (nSPS) is 10.2. The summed E-state index contributed by atoms with van der Waals surface area (Å²) in [5.41, 5.74) is 2.48. The highest BCUT2D eigenvalue weighted by molar-refractivity contribution is 9.11. The zero-order chi connectivity index (χ0) is 12.1. The van der Waals surface area contributed by atoms with E-state index in [1.807, 2.05) is 18.2 Å². The average Bonchev–Trinajstić information content (AvgIpc) is 2.33. The first-order valence-corrected chi connectivity index (χ1v) is 7.07. The van der Waals surface area contributed by atoms with Crippen LogP contribution in [0.1, 0.15) is 5.56 Å². The van der Waals surface area contributed by atoms with Crippen LogP contribution in [0.15, 0.2) is 57.5 Å². The van der Waals surface area contributed by atoms with E-state index in [2.05, 4.69) is 67.5 Å². The van der Waals surface area contributed by atoms with Crippen LogP contribution in [0.25, 0.3) is 0 Å². The Kier molecular flexibility index (Phi) is 4.63. The monoisotopic (exact) mass is 353 g/mol. The number of benzene rings is 2. The lowest BCUT2D eigenvalue weighted by molar-refractivity contribution is 1.02. The summed E-state index contributed by atoms with van der Waals surface area (Å²) in [5.74, 6) is 0. The maximum absolute atomic E-state index is 3.54. The molecule has 1 nitrogen and oxygen atoms in total. The molecule has 0 heterocycles. The van der Waals surface area contributed by atoms with Crippen molar-refractivity contribution < 1.29 is 0 Å². The summed E-state index contributed by atoms with van der Waals surface area (Å²) >= 11 is 6.98. The molecule has 0 bridgehead atoms. The lowest BCUT2D eigenvalue weighted by Crippen LogP contribution is -2.05. The van der Waals surface area contributed by atoms with Gasteiger partial charge >= 0.3 is 0 Å². The van der Waals surface area contributed by atoms with Gasteiger partial charge in [0, 0.05) is 21.2 Å². The summed E-state index contributed by atoms with van der Waals surface area (Å²) in [6.07, 6.45) is 1.03. The summed E-state index contributed by atoms with van der Waals surface area (Å²) in [7, 11) is 0. The Morgan fingerprint density at radius 1 is 0.941 bits per heavy atom. The Labute approximate surface area is 119 Å². The molecule has 0 aromatic heterocycles. The summed E-state index contributed by atoms with van der Waals surface area (Å²) < 4.78 is 2.16. The molecule has 0 amide bonds. The first-order chi connectivity index (χ1) is 8.25. The number of anilines is 1. The molecule has 2 rings (SSSR count). The zero-order valence-electron chi connectivity index (χ0n) is 9.29. The van der Waals surface area contributed by atoms with Crippen LogP contribution in [0.2, 0.25) is 0 Å². The Morgan fingerprint density at radius 2 is 1.71 bits per heavy atom. The van der Waals surface area contributed by atoms with Crippen LogP contribution in [0.4, 0.5) is 5.69 Å². The zero-order valence-corrected chi connectivity index (χ0v) is 12.5. The van der Waals surface area contributed by atoms with Crippen molar-refractivity contribution in [3.05, 3.63) is 63.0 Å². The first-order valence-electron chi connectivity index (χ1n) is 5.48. The van der Waals surface area contributed by atoms with E-state index in [4.69, 9.17) is 0 Å². The van der Waals surface area contributed by atoms with E-state index in [0.29, 0.717) is 0 Å². The average molecular weight is 355 g/mol. The molecule has 0 aliphatic rings. The van der Waals surface area contributed by atoms with Crippen LogP contribution in [0, 0.1) is 0 Å². The minimum Gasteiger partial charge on any atom is -0.384 e. The third-order valence-electron chi connectivity index (χ3n) is 2.50. The smallest absolute Gasteiger partial charge is 0.0485 e. The third-order valence-corrected chi connectivity index (χ3v) is 3.65. The quantitative estimate of drug-likeness (QED) is 0.826. The Hall–Kier alpha value is -0.800. The largest absolute Gasteiger partial charge is 0.384 e. The van der Waals surface area contributed by atoms with E-state index < -0.39 is 0 Å². The lowest BCUT2D eigenvalue weighted by Gasteiger charge is -2.08. The summed E-state index contributed by atoms with van der Waals surface area (Å²) in [4.78, 5) is 0. The van der Waals surface area contributed by atoms with E-state index in [-0.39, 0.29) is 0 Å². The molecule has 88 valence electrons. The molecule has 0 radical (unpaired) electrons. The van der Waals surface area contributed by atoms with Gasteiger partial charge in [-0.25, -0.2) is 0 Å². The van der Waals surface area contributed by atoms with E-state index in [0.717, 1.165) is 27.6 Å². The molecule has 2 aromatic carbocycles. The van der Waals surface area contributed by atoms with Crippen molar-refractivity contribution in [3.63, 3.8) is 0 Å². The standard InChI is InChI=1S/C14H13Br2N/c15-12-6-7-14(13(16)10-12)17-9-8-11-4-2-1-3-5-11/h1-7,10,17H,8-9H2. The molecule has 0 aliphatic carbocycles. The van der Waals surface area contributed by atoms with Crippen LogP contribution in [-0.2, 0) is 6.42 Å². The molecule has 0 fully saturated rings. The van der Waals surface area contributed by atoms with Gasteiger partial charge in [0.1, 0.15) is 0 Å². The van der Waals surface area contributed by atoms with Crippen molar-refractivity contribution in [1.82, 2.24) is 0 Å². The third kappa shape index (κ3) is 3.86. The highest BCUT2D eigenvalue weighted by Crippen LogP contribution is 2.25. The van der Waals surface area contributed by atoms with Crippen LogP contribution in [0.5, 0.6) is 0 Å². The predicted molar refractivity (Wildman–Crippen MR) is 80.5 cm³/mol. The molecule has 0 aliphatic heterocycles. The summed E-state index contributed by atoms with van der Waals surface area (Å²) in [6.45, 7) is 0.935. The highest BCUT2D eigenvalue weighted by Gasteiger charge is 1.99. The van der Waals surface area contributed by atoms with Crippen molar-refractivity contribution in [2.24, 2.45) is 0 Å². The number of hydrogen-bond acceptors (Lipinski definition) is 1. The van der Waals surface area contributed by atoms with Gasteiger partial charge in [0.15, 0.2) is 0 Å². The molecule has 0 saturated heterocycles. The minimum absolute atomic E-state index is 0.935. The predicted octanol–water partition coefficient (Wildman–Crippen LogP) is 4.87. The van der Waals surface area contributed by atoms with Crippen LogP contribution >= 0.6 is 31.9 Å². The minimum atomic E-state index is 0.935. The van der Waals surface area contributed by atoms with Gasteiger partial charge in [-0.15, -0.1) is 0 Å². The molecular weight excluding hydrogens is 342 g/mol. The Balaban J connectivity index is 1.90. The first kappa shape index (κ1) is 12.7. The molecule has 0 saturated carbocycles. The van der Waals surface area contributed by atoms with Gasteiger partial charge in [-0.1, -0.05) is 46.3 Å². The molecule has 17 heavy (non-hydrogen) atoms. The van der Waals surface area contributed by atoms with Gasteiger partial charge in [-0.3, -0.25) is 0 Å². The van der Waals surface area contributed by atoms with Gasteiger partial charge in [0.2, 0.25) is 0 Å². The maximum atomic E-state index is 3.54. The van der Waals surface area contributed by atoms with Gasteiger partial charge in [0.05, 0.1) is 0 Å². The Bertz CT molecular complexity index is 483. The van der Waals surface area contributed by atoms with Crippen molar-refractivity contribution in [2.45, 2.75) is 6.42 Å². The molecule has 3 heteroatoms. The fourth-order valence-corrected chi connectivity index (χ4v) is 2.81.